The summed E-state index contributed by atoms with van der Waals surface area (Å²) in [6, 6.07) is 8.76. The van der Waals surface area contributed by atoms with Gasteiger partial charge in [-0.05, 0) is 46.2 Å². The molecular formula is C17H28N2O. The van der Waals surface area contributed by atoms with Crippen molar-refractivity contribution in [1.82, 2.24) is 0 Å². The minimum atomic E-state index is -0.101. The van der Waals surface area contributed by atoms with E-state index in [0.717, 1.165) is 26.0 Å². The fourth-order valence-corrected chi connectivity index (χ4v) is 3.48. The molecular weight excluding hydrogens is 248 g/mol. The maximum atomic E-state index is 6.21. The second-order valence-electron chi connectivity index (χ2n) is 6.54. The van der Waals surface area contributed by atoms with Crippen LogP contribution in [0.25, 0.3) is 0 Å². The SMILES string of the molecule is CCN(c1ccc(C)cc1)C1(CN)CCOC(C)(C)C1. The molecule has 0 radical (unpaired) electrons. The topological polar surface area (TPSA) is 38.5 Å². The number of likely N-dealkylation sites (N-methyl/N-ethyl adjacent to an activating group) is 1. The van der Waals surface area contributed by atoms with Crippen LogP contribution < -0.4 is 10.6 Å². The first-order valence-corrected chi connectivity index (χ1v) is 7.61. The van der Waals surface area contributed by atoms with Crippen LogP contribution in [-0.2, 0) is 4.74 Å². The Morgan fingerprint density at radius 3 is 2.40 bits per heavy atom. The van der Waals surface area contributed by atoms with Crippen LogP contribution in [0.15, 0.2) is 24.3 Å². The third-order valence-corrected chi connectivity index (χ3v) is 4.43. The zero-order chi connectivity index (χ0) is 14.8. The highest BCUT2D eigenvalue weighted by Gasteiger charge is 2.43. The number of nitrogens with two attached hydrogens (primary N) is 1. The number of anilines is 1. The maximum absolute atomic E-state index is 6.21. The summed E-state index contributed by atoms with van der Waals surface area (Å²) < 4.78 is 5.89. The molecule has 112 valence electrons. The summed E-state index contributed by atoms with van der Waals surface area (Å²) in [7, 11) is 0. The van der Waals surface area contributed by atoms with Gasteiger partial charge in [0.05, 0.1) is 11.1 Å². The van der Waals surface area contributed by atoms with Crippen molar-refractivity contribution in [2.75, 3.05) is 24.6 Å². The van der Waals surface area contributed by atoms with Crippen molar-refractivity contribution >= 4 is 5.69 Å². The molecule has 3 nitrogen and oxygen atoms in total. The maximum Gasteiger partial charge on any atom is 0.0649 e. The molecule has 0 aromatic heterocycles. The molecule has 1 aliphatic heterocycles. The monoisotopic (exact) mass is 276 g/mol. The van der Waals surface area contributed by atoms with Gasteiger partial charge in [0, 0.05) is 31.8 Å². The molecule has 0 aliphatic carbocycles. The molecule has 0 amide bonds. The van der Waals surface area contributed by atoms with Crippen LogP contribution in [0.1, 0.15) is 39.2 Å². The predicted molar refractivity (Wildman–Crippen MR) is 85.2 cm³/mol. The summed E-state index contributed by atoms with van der Waals surface area (Å²) in [6.45, 7) is 11.1. The molecule has 0 bridgehead atoms. The standard InChI is InChI=1S/C17H28N2O/c1-5-19(15-8-6-14(2)7-9-15)17(13-18)10-11-20-16(3,4)12-17/h6-9H,5,10-13,18H2,1-4H3. The number of nitrogens with zero attached hydrogens (tertiary/aromatic N) is 1. The number of benzene rings is 1. The molecule has 0 saturated carbocycles. The van der Waals surface area contributed by atoms with Gasteiger partial charge < -0.3 is 15.4 Å². The van der Waals surface area contributed by atoms with Crippen molar-refractivity contribution in [3.8, 4) is 0 Å². The average Bonchev–Trinajstić information content (AvgIpc) is 2.40. The molecule has 20 heavy (non-hydrogen) atoms. The van der Waals surface area contributed by atoms with Crippen molar-refractivity contribution in [2.24, 2.45) is 5.73 Å². The van der Waals surface area contributed by atoms with Gasteiger partial charge in [0.25, 0.3) is 0 Å². The first-order chi connectivity index (χ1) is 9.42. The van der Waals surface area contributed by atoms with Crippen molar-refractivity contribution in [2.45, 2.75) is 51.7 Å². The van der Waals surface area contributed by atoms with E-state index in [1.807, 2.05) is 0 Å². The summed E-state index contributed by atoms with van der Waals surface area (Å²) >= 11 is 0. The highest BCUT2D eigenvalue weighted by atomic mass is 16.5. The molecule has 3 heteroatoms. The van der Waals surface area contributed by atoms with E-state index >= 15 is 0 Å². The first kappa shape index (κ1) is 15.3. The lowest BCUT2D eigenvalue weighted by molar-refractivity contribution is -0.0793. The Labute approximate surface area is 123 Å². The van der Waals surface area contributed by atoms with Crippen molar-refractivity contribution in [1.29, 1.82) is 0 Å². The number of aryl methyl sites for hydroxylation is 1. The van der Waals surface area contributed by atoms with E-state index in [-0.39, 0.29) is 11.1 Å². The molecule has 1 aromatic carbocycles. The molecule has 1 fully saturated rings. The Hall–Kier alpha value is -1.06. The van der Waals surface area contributed by atoms with Crippen molar-refractivity contribution < 1.29 is 4.74 Å². The van der Waals surface area contributed by atoms with Crippen LogP contribution >= 0.6 is 0 Å². The molecule has 1 atom stereocenters. The first-order valence-electron chi connectivity index (χ1n) is 7.61. The lowest BCUT2D eigenvalue weighted by atomic mass is 9.79. The molecule has 1 saturated heterocycles. The van der Waals surface area contributed by atoms with E-state index in [9.17, 15) is 0 Å². The van der Waals surface area contributed by atoms with Crippen LogP contribution in [0.4, 0.5) is 5.69 Å². The lowest BCUT2D eigenvalue weighted by Gasteiger charge is -2.51. The zero-order valence-electron chi connectivity index (χ0n) is 13.3. The number of ether oxygens (including phenoxy) is 1. The number of rotatable bonds is 4. The van der Waals surface area contributed by atoms with Crippen LogP contribution in [0.5, 0.6) is 0 Å². The van der Waals surface area contributed by atoms with E-state index in [4.69, 9.17) is 10.5 Å². The number of hydrogen-bond donors (Lipinski definition) is 1. The Morgan fingerprint density at radius 1 is 1.25 bits per heavy atom. The van der Waals surface area contributed by atoms with Gasteiger partial charge in [-0.3, -0.25) is 0 Å². The van der Waals surface area contributed by atoms with Gasteiger partial charge in [0.1, 0.15) is 0 Å². The molecule has 1 aliphatic rings. The fourth-order valence-electron chi connectivity index (χ4n) is 3.48. The summed E-state index contributed by atoms with van der Waals surface area (Å²) in [5.74, 6) is 0. The van der Waals surface area contributed by atoms with Gasteiger partial charge in [0.2, 0.25) is 0 Å². The summed E-state index contributed by atoms with van der Waals surface area (Å²) in [5, 5.41) is 0. The van der Waals surface area contributed by atoms with Crippen LogP contribution in [0, 0.1) is 6.92 Å². The highest BCUT2D eigenvalue weighted by Crippen LogP contribution is 2.38. The quantitative estimate of drug-likeness (QED) is 0.918. The summed E-state index contributed by atoms with van der Waals surface area (Å²) in [5.41, 5.74) is 8.67. The lowest BCUT2D eigenvalue weighted by Crippen LogP contribution is -2.61. The third kappa shape index (κ3) is 2.99. The van der Waals surface area contributed by atoms with Gasteiger partial charge >= 0.3 is 0 Å². The van der Waals surface area contributed by atoms with E-state index in [1.54, 1.807) is 0 Å². The van der Waals surface area contributed by atoms with E-state index in [2.05, 4.69) is 56.9 Å². The normalized spacial score (nSPS) is 25.4. The Morgan fingerprint density at radius 2 is 1.90 bits per heavy atom. The van der Waals surface area contributed by atoms with Crippen LogP contribution in [0.2, 0.25) is 0 Å². The average molecular weight is 276 g/mol. The van der Waals surface area contributed by atoms with Crippen LogP contribution in [0.3, 0.4) is 0 Å². The predicted octanol–water partition coefficient (Wildman–Crippen LogP) is 3.11. The Bertz CT molecular complexity index is 441. The largest absolute Gasteiger partial charge is 0.375 e. The van der Waals surface area contributed by atoms with Gasteiger partial charge in [-0.15, -0.1) is 0 Å². The summed E-state index contributed by atoms with van der Waals surface area (Å²) in [6.07, 6.45) is 1.97. The van der Waals surface area contributed by atoms with E-state index in [1.165, 1.54) is 11.3 Å². The summed E-state index contributed by atoms with van der Waals surface area (Å²) in [4.78, 5) is 2.47. The fraction of sp³-hybridized carbons (Fsp3) is 0.647. The highest BCUT2D eigenvalue weighted by molar-refractivity contribution is 5.50. The van der Waals surface area contributed by atoms with Crippen molar-refractivity contribution in [3.05, 3.63) is 29.8 Å². The molecule has 2 N–H and O–H groups in total. The smallest absolute Gasteiger partial charge is 0.0649 e. The number of hydrogen-bond acceptors (Lipinski definition) is 3. The van der Waals surface area contributed by atoms with Gasteiger partial charge in [-0.2, -0.15) is 0 Å². The second-order valence-corrected chi connectivity index (χ2v) is 6.54. The zero-order valence-corrected chi connectivity index (χ0v) is 13.3. The van der Waals surface area contributed by atoms with E-state index < -0.39 is 0 Å². The van der Waals surface area contributed by atoms with Crippen molar-refractivity contribution in [3.63, 3.8) is 0 Å². The minimum absolute atomic E-state index is 0.00571. The second kappa shape index (κ2) is 5.74. The van der Waals surface area contributed by atoms with Crippen LogP contribution in [-0.4, -0.2) is 30.8 Å². The molecule has 1 unspecified atom stereocenters. The Kier molecular flexibility index (Phi) is 4.40. The van der Waals surface area contributed by atoms with Gasteiger partial charge in [-0.25, -0.2) is 0 Å². The molecule has 1 aromatic rings. The molecule has 0 spiro atoms. The molecule has 1 heterocycles. The minimum Gasteiger partial charge on any atom is -0.375 e. The third-order valence-electron chi connectivity index (χ3n) is 4.43. The van der Waals surface area contributed by atoms with Gasteiger partial charge in [-0.1, -0.05) is 17.7 Å². The Balaban J connectivity index is 2.34. The van der Waals surface area contributed by atoms with Gasteiger partial charge in [0.15, 0.2) is 0 Å². The molecule has 2 rings (SSSR count). The van der Waals surface area contributed by atoms with E-state index in [0.29, 0.717) is 6.54 Å².